The highest BCUT2D eigenvalue weighted by Gasteiger charge is 2.11. The normalized spacial score (nSPS) is 11.7. The summed E-state index contributed by atoms with van der Waals surface area (Å²) in [6, 6.07) is 14.2. The van der Waals surface area contributed by atoms with Crippen LogP contribution in [0.1, 0.15) is 24.1 Å². The van der Waals surface area contributed by atoms with Gasteiger partial charge in [-0.1, -0.05) is 18.2 Å². The van der Waals surface area contributed by atoms with Crippen LogP contribution >= 0.6 is 0 Å². The van der Waals surface area contributed by atoms with E-state index in [-0.39, 0.29) is 11.6 Å². The highest BCUT2D eigenvalue weighted by atomic mass is 19.1. The van der Waals surface area contributed by atoms with Gasteiger partial charge in [0, 0.05) is 6.04 Å². The average molecular weight is 307 g/mol. The van der Waals surface area contributed by atoms with Crippen LogP contribution in [0.4, 0.5) is 10.1 Å². The summed E-state index contributed by atoms with van der Waals surface area (Å²) in [5.74, 6) is -0.522. The van der Waals surface area contributed by atoms with Crippen LogP contribution in [0.15, 0.2) is 55.1 Å². The molecule has 6 heteroatoms. The van der Waals surface area contributed by atoms with Crippen molar-refractivity contribution in [1.82, 2.24) is 14.8 Å². The summed E-state index contributed by atoms with van der Waals surface area (Å²) < 4.78 is 15.3. The number of nitrogens with one attached hydrogen (secondary N) is 1. The number of aromatic nitrogens is 3. The number of benzene rings is 2. The molecule has 1 atom stereocenters. The molecule has 0 amide bonds. The van der Waals surface area contributed by atoms with E-state index in [0.717, 1.165) is 11.3 Å². The molecule has 0 saturated heterocycles. The predicted molar refractivity (Wildman–Crippen MR) is 84.5 cm³/mol. The van der Waals surface area contributed by atoms with E-state index in [4.69, 9.17) is 5.26 Å². The van der Waals surface area contributed by atoms with E-state index in [9.17, 15) is 4.39 Å². The van der Waals surface area contributed by atoms with Crippen molar-refractivity contribution in [2.75, 3.05) is 5.32 Å². The Morgan fingerprint density at radius 3 is 2.65 bits per heavy atom. The standard InChI is InChI=1S/C17H14FN5/c1-12(22-17-4-2-3-16(18)15(17)9-19)13-5-7-14(8-6-13)23-11-20-10-21-23/h2-8,10-12,22H,1H3/t12-/m1/s1. The minimum absolute atomic E-state index is 0.0265. The first-order chi connectivity index (χ1) is 11.2. The lowest BCUT2D eigenvalue weighted by atomic mass is 10.1. The third-order valence-corrected chi connectivity index (χ3v) is 3.57. The van der Waals surface area contributed by atoms with Crippen molar-refractivity contribution < 1.29 is 4.39 Å². The molecule has 0 aliphatic heterocycles. The molecule has 2 aromatic carbocycles. The Bertz CT molecular complexity index is 834. The molecule has 114 valence electrons. The Labute approximate surface area is 133 Å². The molecule has 1 N–H and O–H groups in total. The van der Waals surface area contributed by atoms with Gasteiger partial charge in [-0.3, -0.25) is 0 Å². The summed E-state index contributed by atoms with van der Waals surface area (Å²) in [5, 5.41) is 16.3. The monoisotopic (exact) mass is 307 g/mol. The molecule has 1 aromatic heterocycles. The fourth-order valence-corrected chi connectivity index (χ4v) is 2.33. The Kier molecular flexibility index (Phi) is 4.02. The first-order valence-electron chi connectivity index (χ1n) is 7.09. The van der Waals surface area contributed by atoms with Crippen LogP contribution < -0.4 is 5.32 Å². The van der Waals surface area contributed by atoms with Gasteiger partial charge in [0.2, 0.25) is 0 Å². The fraction of sp³-hybridized carbons (Fsp3) is 0.118. The van der Waals surface area contributed by atoms with Gasteiger partial charge < -0.3 is 5.32 Å². The summed E-state index contributed by atoms with van der Waals surface area (Å²) in [6.07, 6.45) is 3.11. The Balaban J connectivity index is 1.80. The second kappa shape index (κ2) is 6.28. The topological polar surface area (TPSA) is 66.5 Å². The zero-order valence-corrected chi connectivity index (χ0v) is 12.4. The maximum absolute atomic E-state index is 13.6. The van der Waals surface area contributed by atoms with Crippen molar-refractivity contribution >= 4 is 5.69 Å². The molecule has 5 nitrogen and oxygen atoms in total. The highest BCUT2D eigenvalue weighted by Crippen LogP contribution is 2.24. The van der Waals surface area contributed by atoms with Crippen LogP contribution in [0.2, 0.25) is 0 Å². The lowest BCUT2D eigenvalue weighted by Crippen LogP contribution is -2.08. The van der Waals surface area contributed by atoms with Gasteiger partial charge in [-0.2, -0.15) is 10.4 Å². The van der Waals surface area contributed by atoms with Gasteiger partial charge in [0.15, 0.2) is 0 Å². The number of anilines is 1. The van der Waals surface area contributed by atoms with Gasteiger partial charge in [0.1, 0.15) is 30.1 Å². The molecule has 3 rings (SSSR count). The summed E-state index contributed by atoms with van der Waals surface area (Å²) in [7, 11) is 0. The van der Waals surface area contributed by atoms with Gasteiger partial charge in [-0.15, -0.1) is 0 Å². The molecule has 23 heavy (non-hydrogen) atoms. The summed E-state index contributed by atoms with van der Waals surface area (Å²) in [5.41, 5.74) is 2.43. The number of halogens is 1. The van der Waals surface area contributed by atoms with E-state index in [1.54, 1.807) is 23.1 Å². The molecule has 0 saturated carbocycles. The van der Waals surface area contributed by atoms with Gasteiger partial charge in [0.05, 0.1) is 11.4 Å². The van der Waals surface area contributed by atoms with Crippen LogP contribution in [0.5, 0.6) is 0 Å². The molecule has 0 unspecified atom stereocenters. The maximum Gasteiger partial charge on any atom is 0.143 e. The SMILES string of the molecule is C[C@@H](Nc1cccc(F)c1C#N)c1ccc(-n2cncn2)cc1. The molecular weight excluding hydrogens is 293 g/mol. The second-order valence-corrected chi connectivity index (χ2v) is 5.07. The van der Waals surface area contributed by atoms with E-state index in [1.807, 2.05) is 37.3 Å². The first kappa shape index (κ1) is 14.7. The Morgan fingerprint density at radius 1 is 1.22 bits per heavy atom. The van der Waals surface area contributed by atoms with Crippen LogP contribution in [0, 0.1) is 17.1 Å². The lowest BCUT2D eigenvalue weighted by Gasteiger charge is -2.17. The number of nitriles is 1. The second-order valence-electron chi connectivity index (χ2n) is 5.07. The molecule has 3 aromatic rings. The number of nitrogens with zero attached hydrogens (tertiary/aromatic N) is 4. The van der Waals surface area contributed by atoms with Crippen molar-refractivity contribution in [2.24, 2.45) is 0 Å². The third-order valence-electron chi connectivity index (χ3n) is 3.57. The molecule has 0 aliphatic rings. The van der Waals surface area contributed by atoms with Gasteiger partial charge >= 0.3 is 0 Å². The number of hydrogen-bond donors (Lipinski definition) is 1. The van der Waals surface area contributed by atoms with Crippen LogP contribution in [-0.4, -0.2) is 14.8 Å². The van der Waals surface area contributed by atoms with Crippen molar-refractivity contribution in [3.8, 4) is 11.8 Å². The van der Waals surface area contributed by atoms with Crippen molar-refractivity contribution in [3.05, 3.63) is 72.1 Å². The Morgan fingerprint density at radius 2 is 2.00 bits per heavy atom. The Hall–Kier alpha value is -3.20. The molecule has 0 aliphatic carbocycles. The van der Waals surface area contributed by atoms with E-state index in [2.05, 4.69) is 15.4 Å². The van der Waals surface area contributed by atoms with Gasteiger partial charge in [0.25, 0.3) is 0 Å². The summed E-state index contributed by atoms with van der Waals surface area (Å²) in [6.45, 7) is 1.95. The molecule has 0 spiro atoms. The number of hydrogen-bond acceptors (Lipinski definition) is 4. The summed E-state index contributed by atoms with van der Waals surface area (Å²) >= 11 is 0. The van der Waals surface area contributed by atoms with Crippen LogP contribution in [0.3, 0.4) is 0 Å². The fourth-order valence-electron chi connectivity index (χ4n) is 2.33. The largest absolute Gasteiger partial charge is 0.377 e. The lowest BCUT2D eigenvalue weighted by molar-refractivity contribution is 0.624. The smallest absolute Gasteiger partial charge is 0.143 e. The average Bonchev–Trinajstić information content (AvgIpc) is 3.10. The summed E-state index contributed by atoms with van der Waals surface area (Å²) in [4.78, 5) is 3.91. The van der Waals surface area contributed by atoms with E-state index < -0.39 is 5.82 Å². The highest BCUT2D eigenvalue weighted by molar-refractivity contribution is 5.59. The van der Waals surface area contributed by atoms with Gasteiger partial charge in [-0.05, 0) is 36.8 Å². The maximum atomic E-state index is 13.6. The molecule has 0 radical (unpaired) electrons. The molecule has 0 bridgehead atoms. The van der Waals surface area contributed by atoms with Crippen LogP contribution in [-0.2, 0) is 0 Å². The minimum atomic E-state index is -0.522. The van der Waals surface area contributed by atoms with Crippen molar-refractivity contribution in [3.63, 3.8) is 0 Å². The molecule has 1 heterocycles. The van der Waals surface area contributed by atoms with Crippen molar-refractivity contribution in [1.29, 1.82) is 5.26 Å². The van der Waals surface area contributed by atoms with E-state index in [1.165, 1.54) is 12.4 Å². The third kappa shape index (κ3) is 3.04. The zero-order valence-electron chi connectivity index (χ0n) is 12.4. The first-order valence-corrected chi connectivity index (χ1v) is 7.09. The van der Waals surface area contributed by atoms with E-state index >= 15 is 0 Å². The predicted octanol–water partition coefficient (Wildman–Crippen LogP) is 3.45. The van der Waals surface area contributed by atoms with Crippen LogP contribution in [0.25, 0.3) is 5.69 Å². The minimum Gasteiger partial charge on any atom is -0.377 e. The quantitative estimate of drug-likeness (QED) is 0.801. The molecular formula is C17H14FN5. The zero-order chi connectivity index (χ0) is 16.2. The number of rotatable bonds is 4. The van der Waals surface area contributed by atoms with Crippen molar-refractivity contribution in [2.45, 2.75) is 13.0 Å². The van der Waals surface area contributed by atoms with Gasteiger partial charge in [-0.25, -0.2) is 14.1 Å². The molecule has 0 fully saturated rings. The van der Waals surface area contributed by atoms with E-state index in [0.29, 0.717) is 5.69 Å².